The molecular formula is C26H24ClN3O2. The average molecular weight is 446 g/mol. The van der Waals surface area contributed by atoms with E-state index in [-0.39, 0.29) is 11.8 Å². The lowest BCUT2D eigenvalue weighted by Crippen LogP contribution is -2.25. The van der Waals surface area contributed by atoms with Crippen molar-refractivity contribution in [2.24, 2.45) is 0 Å². The summed E-state index contributed by atoms with van der Waals surface area (Å²) < 4.78 is 8.00. The largest absolute Gasteiger partial charge is 0.492 e. The van der Waals surface area contributed by atoms with Gasteiger partial charge >= 0.3 is 0 Å². The molecule has 5 nitrogen and oxygen atoms in total. The summed E-state index contributed by atoms with van der Waals surface area (Å²) in [5.74, 6) is 1.76. The molecule has 5 rings (SSSR count). The molecular weight excluding hydrogens is 422 g/mol. The van der Waals surface area contributed by atoms with Crippen LogP contribution in [0, 0.1) is 0 Å². The van der Waals surface area contributed by atoms with Gasteiger partial charge in [0.1, 0.15) is 11.6 Å². The fraction of sp³-hybridized carbons (Fsp3) is 0.231. The lowest BCUT2D eigenvalue weighted by molar-refractivity contribution is -0.117. The van der Waals surface area contributed by atoms with Crippen molar-refractivity contribution in [3.05, 3.63) is 89.2 Å². The minimum Gasteiger partial charge on any atom is -0.492 e. The summed E-state index contributed by atoms with van der Waals surface area (Å²) in [5.41, 5.74) is 3.97. The van der Waals surface area contributed by atoms with Gasteiger partial charge in [-0.25, -0.2) is 4.98 Å². The number of carbonyl (C=O) groups excluding carboxylic acids is 1. The van der Waals surface area contributed by atoms with Gasteiger partial charge in [0, 0.05) is 30.5 Å². The van der Waals surface area contributed by atoms with Crippen molar-refractivity contribution in [2.75, 3.05) is 18.1 Å². The van der Waals surface area contributed by atoms with Crippen molar-refractivity contribution in [1.82, 2.24) is 9.55 Å². The van der Waals surface area contributed by atoms with E-state index >= 15 is 0 Å². The molecule has 4 aromatic rings. The topological polar surface area (TPSA) is 47.4 Å². The van der Waals surface area contributed by atoms with Gasteiger partial charge in [-0.3, -0.25) is 4.79 Å². The van der Waals surface area contributed by atoms with Crippen LogP contribution in [0.5, 0.6) is 5.75 Å². The van der Waals surface area contributed by atoms with E-state index in [1.807, 2.05) is 78.6 Å². The number of halogens is 1. The van der Waals surface area contributed by atoms with Gasteiger partial charge in [0.2, 0.25) is 5.91 Å². The van der Waals surface area contributed by atoms with E-state index in [9.17, 15) is 4.79 Å². The third kappa shape index (κ3) is 3.84. The first-order chi connectivity index (χ1) is 15.6. The molecule has 32 heavy (non-hydrogen) atoms. The second kappa shape index (κ2) is 8.67. The number of anilines is 1. The Bertz CT molecular complexity index is 1270. The van der Waals surface area contributed by atoms with Crippen molar-refractivity contribution in [1.29, 1.82) is 0 Å². The van der Waals surface area contributed by atoms with Crippen LogP contribution in [0.2, 0.25) is 5.02 Å². The molecule has 0 unspecified atom stereocenters. The Hall–Kier alpha value is -3.31. The van der Waals surface area contributed by atoms with Crippen molar-refractivity contribution in [2.45, 2.75) is 25.8 Å². The monoisotopic (exact) mass is 445 g/mol. The molecule has 2 heterocycles. The van der Waals surface area contributed by atoms with Crippen LogP contribution in [0.1, 0.15) is 30.7 Å². The second-order valence-corrected chi connectivity index (χ2v) is 8.41. The molecule has 0 radical (unpaired) electrons. The van der Waals surface area contributed by atoms with Crippen LogP contribution >= 0.6 is 11.6 Å². The predicted molar refractivity (Wildman–Crippen MR) is 128 cm³/mol. The van der Waals surface area contributed by atoms with E-state index < -0.39 is 0 Å². The third-order valence-electron chi connectivity index (χ3n) is 5.88. The van der Waals surface area contributed by atoms with Crippen LogP contribution < -0.4 is 9.64 Å². The first-order valence-corrected chi connectivity index (χ1v) is 11.2. The summed E-state index contributed by atoms with van der Waals surface area (Å²) in [5, 5.41) is 0.717. The first kappa shape index (κ1) is 20.6. The number of para-hydroxylation sites is 4. The Balaban J connectivity index is 1.51. The number of imidazole rings is 1. The van der Waals surface area contributed by atoms with E-state index in [1.54, 1.807) is 0 Å². The Kier molecular flexibility index (Phi) is 5.58. The summed E-state index contributed by atoms with van der Waals surface area (Å²) in [7, 11) is 0. The minimum atomic E-state index is -0.00289. The van der Waals surface area contributed by atoms with Gasteiger partial charge in [0.15, 0.2) is 0 Å². The summed E-state index contributed by atoms with van der Waals surface area (Å²) in [6, 6.07) is 23.7. The molecule has 0 spiro atoms. The Morgan fingerprint density at radius 2 is 1.78 bits per heavy atom. The maximum Gasteiger partial charge on any atom is 0.227 e. The summed E-state index contributed by atoms with van der Waals surface area (Å²) in [4.78, 5) is 19.8. The molecule has 1 amide bonds. The van der Waals surface area contributed by atoms with Crippen molar-refractivity contribution < 1.29 is 9.53 Å². The first-order valence-electron chi connectivity index (χ1n) is 10.9. The minimum absolute atomic E-state index is 0.00289. The number of hydrogen-bond acceptors (Lipinski definition) is 3. The zero-order chi connectivity index (χ0) is 22.1. The number of nitrogens with zero attached hydrogens (tertiary/aromatic N) is 3. The highest BCUT2D eigenvalue weighted by atomic mass is 35.5. The number of benzene rings is 3. The van der Waals surface area contributed by atoms with Crippen LogP contribution in [-0.4, -0.2) is 28.6 Å². The summed E-state index contributed by atoms with van der Waals surface area (Å²) in [6.45, 7) is 3.75. The van der Waals surface area contributed by atoms with Gasteiger partial charge < -0.3 is 14.2 Å². The molecule has 0 bridgehead atoms. The second-order valence-electron chi connectivity index (χ2n) is 7.98. The maximum absolute atomic E-state index is 13.1. The third-order valence-corrected chi connectivity index (χ3v) is 6.14. The van der Waals surface area contributed by atoms with Crippen molar-refractivity contribution >= 4 is 34.2 Å². The number of amides is 1. The number of hydrogen-bond donors (Lipinski definition) is 0. The van der Waals surface area contributed by atoms with Gasteiger partial charge in [-0.2, -0.15) is 0 Å². The molecule has 0 N–H and O–H groups in total. The predicted octanol–water partition coefficient (Wildman–Crippen LogP) is 5.66. The molecule has 1 atom stereocenters. The molecule has 1 aliphatic rings. The lowest BCUT2D eigenvalue weighted by Gasteiger charge is -2.20. The molecule has 0 aliphatic carbocycles. The van der Waals surface area contributed by atoms with E-state index in [4.69, 9.17) is 21.3 Å². The Labute approximate surface area is 192 Å². The Morgan fingerprint density at radius 1 is 1.03 bits per heavy atom. The van der Waals surface area contributed by atoms with Crippen LogP contribution in [0.15, 0.2) is 72.8 Å². The zero-order valence-corrected chi connectivity index (χ0v) is 18.6. The summed E-state index contributed by atoms with van der Waals surface area (Å²) >= 11 is 6.08. The SMILES string of the molecule is CCOc1ccccc1N1C[C@@H](c2nc3ccccc3n2Cc2ccc(Cl)cc2)CC1=O. The van der Waals surface area contributed by atoms with Crippen LogP contribution in [-0.2, 0) is 11.3 Å². The highest BCUT2D eigenvalue weighted by Gasteiger charge is 2.36. The molecule has 0 saturated carbocycles. The van der Waals surface area contributed by atoms with E-state index in [2.05, 4.69) is 10.6 Å². The average Bonchev–Trinajstić information content (AvgIpc) is 3.36. The van der Waals surface area contributed by atoms with Crippen LogP contribution in [0.3, 0.4) is 0 Å². The fourth-order valence-corrected chi connectivity index (χ4v) is 4.54. The quantitative estimate of drug-likeness (QED) is 0.385. The smallest absolute Gasteiger partial charge is 0.227 e. The molecule has 1 aliphatic heterocycles. The van der Waals surface area contributed by atoms with Crippen LogP contribution in [0.25, 0.3) is 11.0 Å². The van der Waals surface area contributed by atoms with Crippen molar-refractivity contribution in [3.8, 4) is 5.75 Å². The molecule has 6 heteroatoms. The van der Waals surface area contributed by atoms with Crippen LogP contribution in [0.4, 0.5) is 5.69 Å². The highest BCUT2D eigenvalue weighted by molar-refractivity contribution is 6.30. The fourth-order valence-electron chi connectivity index (χ4n) is 4.42. The van der Waals surface area contributed by atoms with E-state index in [1.165, 1.54) is 0 Å². The van der Waals surface area contributed by atoms with E-state index in [0.717, 1.165) is 38.9 Å². The number of carbonyl (C=O) groups is 1. The van der Waals surface area contributed by atoms with Crippen molar-refractivity contribution in [3.63, 3.8) is 0 Å². The number of ether oxygens (including phenoxy) is 1. The zero-order valence-electron chi connectivity index (χ0n) is 17.9. The van der Waals surface area contributed by atoms with E-state index in [0.29, 0.717) is 26.1 Å². The highest BCUT2D eigenvalue weighted by Crippen LogP contribution is 2.37. The maximum atomic E-state index is 13.1. The van der Waals surface area contributed by atoms with Gasteiger partial charge in [-0.15, -0.1) is 0 Å². The van der Waals surface area contributed by atoms with Gasteiger partial charge in [0.25, 0.3) is 0 Å². The molecule has 162 valence electrons. The number of fused-ring (bicyclic) bond motifs is 1. The summed E-state index contributed by atoms with van der Waals surface area (Å²) in [6.07, 6.45) is 0.421. The lowest BCUT2D eigenvalue weighted by atomic mass is 10.1. The molecule has 1 fully saturated rings. The molecule has 1 saturated heterocycles. The number of aromatic nitrogens is 2. The van der Waals surface area contributed by atoms with Gasteiger partial charge in [-0.1, -0.05) is 48.0 Å². The number of rotatable bonds is 6. The normalized spacial score (nSPS) is 16.1. The molecule has 1 aromatic heterocycles. The Morgan fingerprint density at radius 3 is 2.59 bits per heavy atom. The standard InChI is InChI=1S/C26H24ClN3O2/c1-2-32-24-10-6-5-9-23(24)29-17-19(15-25(29)31)26-28-21-7-3-4-8-22(21)30(26)16-18-11-13-20(27)14-12-18/h3-14,19H,2,15-17H2,1H3/t19-/m0/s1. The van der Waals surface area contributed by atoms with Gasteiger partial charge in [-0.05, 0) is 48.9 Å². The molecule has 3 aromatic carbocycles. The van der Waals surface area contributed by atoms with Gasteiger partial charge in [0.05, 0.1) is 23.3 Å².